The molecule has 130 valence electrons. The van der Waals surface area contributed by atoms with E-state index in [1.807, 2.05) is 17.1 Å². The van der Waals surface area contributed by atoms with Gasteiger partial charge in [-0.1, -0.05) is 6.92 Å². The Kier molecular flexibility index (Phi) is 7.08. The van der Waals surface area contributed by atoms with Crippen LogP contribution >= 0.6 is 0 Å². The first-order chi connectivity index (χ1) is 10.1. The summed E-state index contributed by atoms with van der Waals surface area (Å²) in [5, 5.41) is 11.4. The number of rotatable bonds is 6. The zero-order valence-corrected chi connectivity index (χ0v) is 13.4. The summed E-state index contributed by atoms with van der Waals surface area (Å²) in [7, 11) is 0. The molecule has 1 aliphatic rings. The van der Waals surface area contributed by atoms with Gasteiger partial charge in [-0.3, -0.25) is 14.6 Å². The summed E-state index contributed by atoms with van der Waals surface area (Å²) in [5.41, 5.74) is 0. The SMILES string of the molecule is CC[C@@H]1CN([C@@H](C)C(=O)NCC(F)(F)F)CCN1C[C@@H](C)O. The van der Waals surface area contributed by atoms with E-state index in [0.717, 1.165) is 6.42 Å². The molecule has 2 N–H and O–H groups in total. The lowest BCUT2D eigenvalue weighted by atomic mass is 10.1. The average molecular weight is 325 g/mol. The topological polar surface area (TPSA) is 55.8 Å². The van der Waals surface area contributed by atoms with Crippen molar-refractivity contribution in [1.82, 2.24) is 15.1 Å². The quantitative estimate of drug-likeness (QED) is 0.760. The van der Waals surface area contributed by atoms with Crippen molar-refractivity contribution in [2.24, 2.45) is 0 Å². The normalized spacial score (nSPS) is 24.0. The summed E-state index contributed by atoms with van der Waals surface area (Å²) in [5.74, 6) is -0.601. The van der Waals surface area contributed by atoms with Gasteiger partial charge in [0.05, 0.1) is 12.1 Å². The number of amides is 1. The second kappa shape index (κ2) is 8.12. The molecule has 5 nitrogen and oxygen atoms in total. The summed E-state index contributed by atoms with van der Waals surface area (Å²) in [6, 6.07) is -0.397. The fraction of sp³-hybridized carbons (Fsp3) is 0.929. The Balaban J connectivity index is 2.54. The molecular formula is C14H26F3N3O2. The first kappa shape index (κ1) is 19.2. The molecule has 1 heterocycles. The highest BCUT2D eigenvalue weighted by atomic mass is 19.4. The van der Waals surface area contributed by atoms with Gasteiger partial charge in [-0.25, -0.2) is 0 Å². The van der Waals surface area contributed by atoms with E-state index in [0.29, 0.717) is 26.2 Å². The number of hydrogen-bond acceptors (Lipinski definition) is 4. The van der Waals surface area contributed by atoms with Gasteiger partial charge in [0.1, 0.15) is 6.54 Å². The second-order valence-corrected chi connectivity index (χ2v) is 5.91. The Bertz CT molecular complexity index is 364. The standard InChI is InChI=1S/C14H26F3N3O2/c1-4-12-8-19(5-6-20(12)7-10(2)21)11(3)13(22)18-9-14(15,16)17/h10-12,21H,4-9H2,1-3H3,(H,18,22)/t10-,11+,12-/m1/s1. The summed E-state index contributed by atoms with van der Waals surface area (Å²) in [6.45, 7) is 6.57. The lowest BCUT2D eigenvalue weighted by Crippen LogP contribution is -2.59. The van der Waals surface area contributed by atoms with Crippen molar-refractivity contribution in [2.75, 3.05) is 32.7 Å². The molecule has 0 spiro atoms. The van der Waals surface area contributed by atoms with Crippen LogP contribution in [0, 0.1) is 0 Å². The minimum absolute atomic E-state index is 0.196. The van der Waals surface area contributed by atoms with E-state index >= 15 is 0 Å². The first-order valence-electron chi connectivity index (χ1n) is 7.64. The predicted molar refractivity (Wildman–Crippen MR) is 77.4 cm³/mol. The van der Waals surface area contributed by atoms with Gasteiger partial charge in [0.2, 0.25) is 5.91 Å². The summed E-state index contributed by atoms with van der Waals surface area (Å²) in [6.07, 6.45) is -3.95. The number of hydrogen-bond donors (Lipinski definition) is 2. The highest BCUT2D eigenvalue weighted by Gasteiger charge is 2.33. The van der Waals surface area contributed by atoms with Crippen molar-refractivity contribution in [3.63, 3.8) is 0 Å². The monoisotopic (exact) mass is 325 g/mol. The van der Waals surface area contributed by atoms with E-state index in [-0.39, 0.29) is 6.04 Å². The minimum Gasteiger partial charge on any atom is -0.392 e. The van der Waals surface area contributed by atoms with Crippen LogP contribution in [0.25, 0.3) is 0 Å². The molecule has 0 aromatic rings. The van der Waals surface area contributed by atoms with Gasteiger partial charge in [-0.15, -0.1) is 0 Å². The fourth-order valence-corrected chi connectivity index (χ4v) is 2.74. The molecule has 0 bridgehead atoms. The number of aliphatic hydroxyl groups is 1. The molecule has 1 fully saturated rings. The number of nitrogens with zero attached hydrogens (tertiary/aromatic N) is 2. The molecule has 0 radical (unpaired) electrons. The third-order valence-electron chi connectivity index (χ3n) is 4.00. The second-order valence-electron chi connectivity index (χ2n) is 5.91. The largest absolute Gasteiger partial charge is 0.405 e. The van der Waals surface area contributed by atoms with Gasteiger partial charge in [-0.05, 0) is 20.3 Å². The maximum Gasteiger partial charge on any atom is 0.405 e. The van der Waals surface area contributed by atoms with E-state index in [1.54, 1.807) is 13.8 Å². The Hall–Kier alpha value is -0.860. The average Bonchev–Trinajstić information content (AvgIpc) is 2.43. The van der Waals surface area contributed by atoms with Gasteiger partial charge in [0, 0.05) is 32.2 Å². The predicted octanol–water partition coefficient (Wildman–Crippen LogP) is 0.830. The highest BCUT2D eigenvalue weighted by Crippen LogP contribution is 2.16. The molecule has 1 saturated heterocycles. The molecular weight excluding hydrogens is 299 g/mol. The van der Waals surface area contributed by atoms with Gasteiger partial charge in [0.15, 0.2) is 0 Å². The van der Waals surface area contributed by atoms with Crippen LogP contribution in [0.2, 0.25) is 0 Å². The van der Waals surface area contributed by atoms with Crippen molar-refractivity contribution >= 4 is 5.91 Å². The number of halogens is 3. The summed E-state index contributed by atoms with van der Waals surface area (Å²) in [4.78, 5) is 15.9. The van der Waals surface area contributed by atoms with Crippen molar-refractivity contribution in [2.45, 2.75) is 51.6 Å². The number of carbonyl (C=O) groups excluding carboxylic acids is 1. The van der Waals surface area contributed by atoms with Crippen LogP contribution in [0.5, 0.6) is 0 Å². The zero-order valence-electron chi connectivity index (χ0n) is 13.4. The third kappa shape index (κ3) is 6.10. The molecule has 3 atom stereocenters. The van der Waals surface area contributed by atoms with Crippen LogP contribution in [0.15, 0.2) is 0 Å². The van der Waals surface area contributed by atoms with Crippen LogP contribution < -0.4 is 5.32 Å². The molecule has 1 aliphatic heterocycles. The number of β-amino-alcohol motifs (C(OH)–C–C–N with tert-alkyl or cyclic N) is 1. The molecule has 0 unspecified atom stereocenters. The maximum atomic E-state index is 12.2. The lowest BCUT2D eigenvalue weighted by Gasteiger charge is -2.43. The summed E-state index contributed by atoms with van der Waals surface area (Å²) < 4.78 is 36.5. The third-order valence-corrected chi connectivity index (χ3v) is 4.00. The van der Waals surface area contributed by atoms with Crippen molar-refractivity contribution in [1.29, 1.82) is 0 Å². The van der Waals surface area contributed by atoms with Crippen molar-refractivity contribution < 1.29 is 23.1 Å². The van der Waals surface area contributed by atoms with Crippen molar-refractivity contribution in [3.05, 3.63) is 0 Å². The van der Waals surface area contributed by atoms with E-state index in [4.69, 9.17) is 0 Å². The molecule has 8 heteroatoms. The van der Waals surface area contributed by atoms with E-state index < -0.39 is 30.8 Å². The smallest absolute Gasteiger partial charge is 0.392 e. The molecule has 0 saturated carbocycles. The van der Waals surface area contributed by atoms with Crippen LogP contribution in [-0.2, 0) is 4.79 Å². The number of alkyl halides is 3. The van der Waals surface area contributed by atoms with Gasteiger partial charge in [-0.2, -0.15) is 13.2 Å². The van der Waals surface area contributed by atoms with Crippen LogP contribution in [0.3, 0.4) is 0 Å². The number of piperazine rings is 1. The Morgan fingerprint density at radius 3 is 2.50 bits per heavy atom. The number of carbonyl (C=O) groups is 1. The first-order valence-corrected chi connectivity index (χ1v) is 7.64. The Morgan fingerprint density at radius 1 is 1.36 bits per heavy atom. The maximum absolute atomic E-state index is 12.2. The molecule has 1 rings (SSSR count). The highest BCUT2D eigenvalue weighted by molar-refractivity contribution is 5.81. The van der Waals surface area contributed by atoms with Gasteiger partial charge in [0.25, 0.3) is 0 Å². The summed E-state index contributed by atoms with van der Waals surface area (Å²) >= 11 is 0. The van der Waals surface area contributed by atoms with Gasteiger partial charge < -0.3 is 10.4 Å². The zero-order chi connectivity index (χ0) is 16.9. The van der Waals surface area contributed by atoms with Crippen LogP contribution in [-0.4, -0.2) is 77.9 Å². The molecule has 0 aliphatic carbocycles. The van der Waals surface area contributed by atoms with E-state index in [1.165, 1.54) is 0 Å². The molecule has 22 heavy (non-hydrogen) atoms. The van der Waals surface area contributed by atoms with E-state index in [9.17, 15) is 23.1 Å². The van der Waals surface area contributed by atoms with E-state index in [2.05, 4.69) is 4.90 Å². The number of aliphatic hydroxyl groups excluding tert-OH is 1. The van der Waals surface area contributed by atoms with Gasteiger partial charge >= 0.3 is 6.18 Å². The van der Waals surface area contributed by atoms with Crippen LogP contribution in [0.1, 0.15) is 27.2 Å². The minimum atomic E-state index is -4.39. The molecule has 1 amide bonds. The van der Waals surface area contributed by atoms with Crippen LogP contribution in [0.4, 0.5) is 13.2 Å². The Labute approximate surface area is 129 Å². The van der Waals surface area contributed by atoms with Crippen molar-refractivity contribution in [3.8, 4) is 0 Å². The molecule has 0 aromatic carbocycles. The number of nitrogens with one attached hydrogen (secondary N) is 1. The Morgan fingerprint density at radius 2 is 2.00 bits per heavy atom. The fourth-order valence-electron chi connectivity index (χ4n) is 2.74. The lowest BCUT2D eigenvalue weighted by molar-refractivity contribution is -0.142. The molecule has 0 aromatic heterocycles.